The van der Waals surface area contributed by atoms with Crippen LogP contribution in [0.15, 0.2) is 0 Å². The maximum Gasteiger partial charge on any atom is 0.265 e. The zero-order chi connectivity index (χ0) is 15.9. The van der Waals surface area contributed by atoms with E-state index in [1.165, 1.54) is 23.3 Å². The molecular weight excluding hydrogens is 296 g/mol. The number of rotatable bonds is 8. The average Bonchev–Trinajstić information content (AvgIpc) is 2.93. The third-order valence-electron chi connectivity index (χ3n) is 4.36. The monoisotopic (exact) mass is 324 g/mol. The first-order valence-electron chi connectivity index (χ1n) is 8.40. The number of carbonyl (C=O) groups excluding carboxylic acids is 1. The molecule has 1 amide bonds. The third-order valence-corrected chi connectivity index (χ3v) is 5.64. The number of amides is 1. The van der Waals surface area contributed by atoms with E-state index in [2.05, 4.69) is 24.1 Å². The Labute approximate surface area is 137 Å². The zero-order valence-electron chi connectivity index (χ0n) is 14.0. The van der Waals surface area contributed by atoms with Gasteiger partial charge in [-0.3, -0.25) is 4.79 Å². The summed E-state index contributed by atoms with van der Waals surface area (Å²) in [5, 5.41) is 3.05. The summed E-state index contributed by atoms with van der Waals surface area (Å²) in [7, 11) is 1.67. The molecule has 1 aliphatic rings. The van der Waals surface area contributed by atoms with Crippen molar-refractivity contribution in [1.82, 2.24) is 10.2 Å². The molecule has 4 nitrogen and oxygen atoms in total. The van der Waals surface area contributed by atoms with Gasteiger partial charge in [-0.05, 0) is 51.7 Å². The molecule has 1 aromatic rings. The van der Waals surface area contributed by atoms with Gasteiger partial charge in [0.25, 0.3) is 5.91 Å². The van der Waals surface area contributed by atoms with E-state index in [0.717, 1.165) is 56.1 Å². The van der Waals surface area contributed by atoms with Gasteiger partial charge in [0.15, 0.2) is 0 Å². The first-order chi connectivity index (χ1) is 10.7. The van der Waals surface area contributed by atoms with E-state index < -0.39 is 0 Å². The van der Waals surface area contributed by atoms with Crippen LogP contribution in [0.25, 0.3) is 0 Å². The fourth-order valence-electron chi connectivity index (χ4n) is 3.03. The van der Waals surface area contributed by atoms with Crippen LogP contribution >= 0.6 is 11.3 Å². The second kappa shape index (κ2) is 8.53. The van der Waals surface area contributed by atoms with Gasteiger partial charge >= 0.3 is 0 Å². The normalized spacial score (nSPS) is 14.0. The molecule has 5 heteroatoms. The Kier molecular flexibility index (Phi) is 6.70. The van der Waals surface area contributed by atoms with Crippen LogP contribution < -0.4 is 10.1 Å². The first kappa shape index (κ1) is 17.3. The van der Waals surface area contributed by atoms with Gasteiger partial charge in [0.1, 0.15) is 10.6 Å². The summed E-state index contributed by atoms with van der Waals surface area (Å²) in [5.41, 5.74) is 1.27. The van der Waals surface area contributed by atoms with Gasteiger partial charge in [0.05, 0.1) is 7.11 Å². The molecule has 0 unspecified atom stereocenters. The molecule has 0 aliphatic heterocycles. The minimum Gasteiger partial charge on any atom is -0.495 e. The summed E-state index contributed by atoms with van der Waals surface area (Å²) in [5.74, 6) is 0.844. The van der Waals surface area contributed by atoms with Crippen molar-refractivity contribution in [1.29, 1.82) is 0 Å². The van der Waals surface area contributed by atoms with Gasteiger partial charge in [0.2, 0.25) is 0 Å². The fourth-order valence-corrected chi connectivity index (χ4v) is 4.30. The van der Waals surface area contributed by atoms with Gasteiger partial charge in [-0.15, -0.1) is 11.3 Å². The largest absolute Gasteiger partial charge is 0.495 e. The molecule has 0 spiro atoms. The van der Waals surface area contributed by atoms with Crippen molar-refractivity contribution in [3.63, 3.8) is 0 Å². The Morgan fingerprint density at radius 3 is 2.68 bits per heavy atom. The topological polar surface area (TPSA) is 41.6 Å². The quantitative estimate of drug-likeness (QED) is 0.747. The molecule has 22 heavy (non-hydrogen) atoms. The summed E-state index contributed by atoms with van der Waals surface area (Å²) < 4.78 is 5.53. The van der Waals surface area contributed by atoms with Gasteiger partial charge in [0, 0.05) is 17.0 Å². The molecule has 0 radical (unpaired) electrons. The van der Waals surface area contributed by atoms with Crippen LogP contribution in [0, 0.1) is 0 Å². The van der Waals surface area contributed by atoms with Crippen LogP contribution in [-0.2, 0) is 12.8 Å². The second-order valence-electron chi connectivity index (χ2n) is 5.71. The predicted octanol–water partition coefficient (Wildman–Crippen LogP) is 3.10. The van der Waals surface area contributed by atoms with Gasteiger partial charge in [-0.25, -0.2) is 0 Å². The molecule has 1 aromatic heterocycles. The highest BCUT2D eigenvalue weighted by molar-refractivity contribution is 7.14. The minimum atomic E-state index is 0.0239. The van der Waals surface area contributed by atoms with Crippen molar-refractivity contribution in [2.45, 2.75) is 46.0 Å². The molecule has 0 bridgehead atoms. The summed E-state index contributed by atoms with van der Waals surface area (Å²) in [6, 6.07) is 0. The molecule has 0 saturated heterocycles. The first-order valence-corrected chi connectivity index (χ1v) is 9.21. The lowest BCUT2D eigenvalue weighted by Gasteiger charge is -2.17. The van der Waals surface area contributed by atoms with Crippen molar-refractivity contribution < 1.29 is 9.53 Å². The standard InChI is InChI=1S/C17H28N2O2S/c1-4-19(5-2)12-8-11-18-17(20)16-15(21-3)13-9-6-7-10-14(13)22-16/h4-12H2,1-3H3,(H,18,20). The number of thiophene rings is 1. The number of ether oxygens (including phenoxy) is 1. The van der Waals surface area contributed by atoms with Crippen LogP contribution in [0.3, 0.4) is 0 Å². The number of aryl methyl sites for hydroxylation is 1. The molecule has 2 rings (SSSR count). The van der Waals surface area contributed by atoms with Crippen LogP contribution in [0.1, 0.15) is 53.2 Å². The maximum atomic E-state index is 12.4. The molecule has 0 atom stereocenters. The molecule has 0 saturated carbocycles. The fraction of sp³-hybridized carbons (Fsp3) is 0.706. The minimum absolute atomic E-state index is 0.0239. The Morgan fingerprint density at radius 2 is 2.00 bits per heavy atom. The lowest BCUT2D eigenvalue weighted by molar-refractivity contribution is 0.0953. The van der Waals surface area contributed by atoms with E-state index in [9.17, 15) is 4.79 Å². The van der Waals surface area contributed by atoms with Crippen molar-refractivity contribution in [2.75, 3.05) is 33.3 Å². The van der Waals surface area contributed by atoms with E-state index in [1.54, 1.807) is 18.4 Å². The van der Waals surface area contributed by atoms with E-state index in [0.29, 0.717) is 0 Å². The number of hydrogen-bond acceptors (Lipinski definition) is 4. The highest BCUT2D eigenvalue weighted by atomic mass is 32.1. The average molecular weight is 324 g/mol. The molecule has 1 N–H and O–H groups in total. The SMILES string of the molecule is CCN(CC)CCCNC(=O)c1sc2c(c1OC)CCCC2. The zero-order valence-corrected chi connectivity index (χ0v) is 14.9. The lowest BCUT2D eigenvalue weighted by Crippen LogP contribution is -2.29. The molecule has 124 valence electrons. The number of carbonyl (C=O) groups is 1. The molecule has 0 fully saturated rings. The molecule has 1 heterocycles. The van der Waals surface area contributed by atoms with Crippen molar-refractivity contribution in [2.24, 2.45) is 0 Å². The van der Waals surface area contributed by atoms with Crippen LogP contribution in [0.4, 0.5) is 0 Å². The van der Waals surface area contributed by atoms with Gasteiger partial charge in [-0.2, -0.15) is 0 Å². The van der Waals surface area contributed by atoms with E-state index in [4.69, 9.17) is 4.74 Å². The maximum absolute atomic E-state index is 12.4. The summed E-state index contributed by atoms with van der Waals surface area (Å²) in [6.45, 7) is 8.23. The van der Waals surface area contributed by atoms with Gasteiger partial charge < -0.3 is 15.0 Å². The second-order valence-corrected chi connectivity index (χ2v) is 6.81. The summed E-state index contributed by atoms with van der Waals surface area (Å²) in [6.07, 6.45) is 5.54. The lowest BCUT2D eigenvalue weighted by atomic mass is 9.98. The molecular formula is C17H28N2O2S. The number of methoxy groups -OCH3 is 1. The molecule has 1 aliphatic carbocycles. The Bertz CT molecular complexity index is 495. The van der Waals surface area contributed by atoms with Crippen LogP contribution in [0.2, 0.25) is 0 Å². The summed E-state index contributed by atoms with van der Waals surface area (Å²) in [4.78, 5) is 16.9. The number of nitrogens with one attached hydrogen (secondary N) is 1. The van der Waals surface area contributed by atoms with Gasteiger partial charge in [-0.1, -0.05) is 13.8 Å². The van der Waals surface area contributed by atoms with Crippen LogP contribution in [-0.4, -0.2) is 44.1 Å². The number of nitrogens with zero attached hydrogens (tertiary/aromatic N) is 1. The van der Waals surface area contributed by atoms with Crippen molar-refractivity contribution in [3.05, 3.63) is 15.3 Å². The number of hydrogen-bond donors (Lipinski definition) is 1. The predicted molar refractivity (Wildman–Crippen MR) is 92.3 cm³/mol. The smallest absolute Gasteiger partial charge is 0.265 e. The van der Waals surface area contributed by atoms with Crippen molar-refractivity contribution >= 4 is 17.2 Å². The van der Waals surface area contributed by atoms with Crippen molar-refractivity contribution in [3.8, 4) is 5.75 Å². The third kappa shape index (κ3) is 4.02. The van der Waals surface area contributed by atoms with E-state index in [1.807, 2.05) is 0 Å². The van der Waals surface area contributed by atoms with E-state index in [-0.39, 0.29) is 5.91 Å². The Hall–Kier alpha value is -1.07. The number of fused-ring (bicyclic) bond motifs is 1. The highest BCUT2D eigenvalue weighted by Crippen LogP contribution is 2.39. The Morgan fingerprint density at radius 1 is 1.27 bits per heavy atom. The van der Waals surface area contributed by atoms with Crippen LogP contribution in [0.5, 0.6) is 5.75 Å². The Balaban J connectivity index is 1.91. The highest BCUT2D eigenvalue weighted by Gasteiger charge is 2.25. The molecule has 0 aromatic carbocycles. The van der Waals surface area contributed by atoms with E-state index >= 15 is 0 Å². The summed E-state index contributed by atoms with van der Waals surface area (Å²) >= 11 is 1.62.